The van der Waals surface area contributed by atoms with Crippen LogP contribution in [-0.4, -0.2) is 17.7 Å². The Bertz CT molecular complexity index is 394. The van der Waals surface area contributed by atoms with Crippen molar-refractivity contribution in [3.63, 3.8) is 0 Å². The largest absolute Gasteiger partial charge is 0.346 e. The third kappa shape index (κ3) is 5.40. The van der Waals surface area contributed by atoms with Gasteiger partial charge in [-0.15, -0.1) is 0 Å². The number of carbonyl (C=O) groups is 2. The number of amides is 1. The Kier molecular flexibility index (Phi) is 6.64. The average Bonchev–Trinajstić information content (AvgIpc) is 3.12. The lowest BCUT2D eigenvalue weighted by molar-refractivity contribution is -0.133. The van der Waals surface area contributed by atoms with Crippen LogP contribution in [0.15, 0.2) is 0 Å². The van der Waals surface area contributed by atoms with Gasteiger partial charge < -0.3 is 5.32 Å². The van der Waals surface area contributed by atoms with Gasteiger partial charge >= 0.3 is 0 Å². The van der Waals surface area contributed by atoms with Crippen LogP contribution in [0.3, 0.4) is 0 Å². The van der Waals surface area contributed by atoms with E-state index in [0.717, 1.165) is 25.7 Å². The van der Waals surface area contributed by atoms with Crippen LogP contribution in [-0.2, 0) is 9.59 Å². The molecule has 1 aliphatic carbocycles. The number of rotatable bonds is 9. The van der Waals surface area contributed by atoms with Crippen LogP contribution in [0, 0.1) is 29.1 Å². The predicted molar refractivity (Wildman–Crippen MR) is 91.5 cm³/mol. The number of Topliss-reactive ketones (excluding diaryl/α,β-unsaturated/α-hetero) is 1. The van der Waals surface area contributed by atoms with Crippen molar-refractivity contribution in [2.45, 2.75) is 80.2 Å². The monoisotopic (exact) mass is 309 g/mol. The van der Waals surface area contributed by atoms with E-state index in [4.69, 9.17) is 0 Å². The summed E-state index contributed by atoms with van der Waals surface area (Å²) in [5.74, 6) is 1.48. The van der Waals surface area contributed by atoms with Crippen LogP contribution >= 0.6 is 0 Å². The van der Waals surface area contributed by atoms with Crippen molar-refractivity contribution in [1.82, 2.24) is 5.32 Å². The van der Waals surface area contributed by atoms with Crippen molar-refractivity contribution in [3.05, 3.63) is 0 Å². The maximum Gasteiger partial charge on any atom is 0.223 e. The molecule has 22 heavy (non-hydrogen) atoms. The quantitative estimate of drug-likeness (QED) is 0.693. The molecule has 0 radical (unpaired) electrons. The van der Waals surface area contributed by atoms with E-state index in [-0.39, 0.29) is 29.1 Å². The van der Waals surface area contributed by atoms with Gasteiger partial charge in [0, 0.05) is 11.3 Å². The van der Waals surface area contributed by atoms with E-state index in [1.165, 1.54) is 0 Å². The summed E-state index contributed by atoms with van der Waals surface area (Å²) < 4.78 is 0. The van der Waals surface area contributed by atoms with Gasteiger partial charge in [0.05, 0.1) is 6.04 Å². The molecule has 1 fully saturated rings. The van der Waals surface area contributed by atoms with Gasteiger partial charge in [-0.25, -0.2) is 0 Å². The maximum atomic E-state index is 12.7. The predicted octanol–water partition coefficient (Wildman–Crippen LogP) is 4.20. The van der Waals surface area contributed by atoms with E-state index >= 15 is 0 Å². The third-order valence-corrected chi connectivity index (χ3v) is 4.80. The molecule has 2 atom stereocenters. The molecule has 1 saturated carbocycles. The minimum Gasteiger partial charge on any atom is -0.346 e. The van der Waals surface area contributed by atoms with Crippen molar-refractivity contribution in [2.75, 3.05) is 0 Å². The normalized spacial score (nSPS) is 19.4. The molecule has 0 spiro atoms. The molecule has 0 aromatic rings. The number of carbonyl (C=O) groups excluding carboxylic acids is 2. The third-order valence-electron chi connectivity index (χ3n) is 4.80. The summed E-state index contributed by atoms with van der Waals surface area (Å²) in [6.45, 7) is 14.7. The molecule has 0 bridgehead atoms. The second-order valence-electron chi connectivity index (χ2n) is 8.60. The van der Waals surface area contributed by atoms with Crippen molar-refractivity contribution < 1.29 is 9.59 Å². The van der Waals surface area contributed by atoms with Crippen molar-refractivity contribution in [2.24, 2.45) is 29.1 Å². The van der Waals surface area contributed by atoms with Crippen LogP contribution in [0.25, 0.3) is 0 Å². The Hall–Kier alpha value is -0.860. The molecular formula is C19H35NO2. The fourth-order valence-electron chi connectivity index (χ4n) is 3.03. The zero-order valence-corrected chi connectivity index (χ0v) is 15.5. The Morgan fingerprint density at radius 2 is 1.45 bits per heavy atom. The maximum absolute atomic E-state index is 12.7. The molecule has 0 unspecified atom stereocenters. The molecule has 0 aromatic heterocycles. The number of hydrogen-bond donors (Lipinski definition) is 1. The summed E-state index contributed by atoms with van der Waals surface area (Å²) in [5, 5.41) is 3.09. The Morgan fingerprint density at radius 1 is 0.955 bits per heavy atom. The minimum absolute atomic E-state index is 0.00512. The van der Waals surface area contributed by atoms with Crippen LogP contribution in [0.4, 0.5) is 0 Å². The summed E-state index contributed by atoms with van der Waals surface area (Å²) in [6, 6.07) is -0.312. The van der Waals surface area contributed by atoms with Crippen molar-refractivity contribution in [3.8, 4) is 0 Å². The molecule has 1 rings (SSSR count). The fourth-order valence-corrected chi connectivity index (χ4v) is 3.03. The standard InChI is InChI=1S/C19H35NO2/c1-12(2)10-15(14(5)6)18(22)20-16(11-13(3)4)17(21)19(7)8-9-19/h12-16H,8-11H2,1-7H3,(H,20,22)/t15-,16-/m0/s1. The van der Waals surface area contributed by atoms with Gasteiger partial charge in [0.25, 0.3) is 0 Å². The molecule has 0 aromatic carbocycles. The first-order chi connectivity index (χ1) is 10.1. The van der Waals surface area contributed by atoms with Gasteiger partial charge in [-0.2, -0.15) is 0 Å². The molecule has 0 saturated heterocycles. The molecule has 1 aliphatic rings. The molecule has 1 N–H and O–H groups in total. The van der Waals surface area contributed by atoms with E-state index in [9.17, 15) is 9.59 Å². The minimum atomic E-state index is -0.312. The van der Waals surface area contributed by atoms with Crippen LogP contribution < -0.4 is 5.32 Å². The lowest BCUT2D eigenvalue weighted by atomic mass is 9.85. The highest BCUT2D eigenvalue weighted by atomic mass is 16.2. The zero-order chi connectivity index (χ0) is 17.1. The zero-order valence-electron chi connectivity index (χ0n) is 15.5. The summed E-state index contributed by atoms with van der Waals surface area (Å²) in [7, 11) is 0. The van der Waals surface area contributed by atoms with Crippen molar-refractivity contribution in [1.29, 1.82) is 0 Å². The van der Waals surface area contributed by atoms with Crippen LogP contribution in [0.5, 0.6) is 0 Å². The first-order valence-electron chi connectivity index (χ1n) is 8.91. The first kappa shape index (κ1) is 19.2. The average molecular weight is 309 g/mol. The van der Waals surface area contributed by atoms with E-state index in [0.29, 0.717) is 17.8 Å². The molecule has 0 heterocycles. The molecule has 1 amide bonds. The van der Waals surface area contributed by atoms with Gasteiger partial charge in [0.2, 0.25) is 5.91 Å². The fraction of sp³-hybridized carbons (Fsp3) is 0.895. The Balaban J connectivity index is 2.78. The highest BCUT2D eigenvalue weighted by Crippen LogP contribution is 2.47. The van der Waals surface area contributed by atoms with Gasteiger partial charge in [0.1, 0.15) is 0 Å². The van der Waals surface area contributed by atoms with E-state index < -0.39 is 0 Å². The lowest BCUT2D eigenvalue weighted by Gasteiger charge is -2.27. The topological polar surface area (TPSA) is 46.2 Å². The summed E-state index contributed by atoms with van der Waals surface area (Å²) in [5.41, 5.74) is -0.182. The molecule has 0 aliphatic heterocycles. The molecule has 3 heteroatoms. The number of ketones is 1. The summed E-state index contributed by atoms with van der Waals surface area (Å²) >= 11 is 0. The highest BCUT2D eigenvalue weighted by molar-refractivity contribution is 5.95. The van der Waals surface area contributed by atoms with Gasteiger partial charge in [-0.3, -0.25) is 9.59 Å². The van der Waals surface area contributed by atoms with Crippen LogP contribution in [0.1, 0.15) is 74.1 Å². The van der Waals surface area contributed by atoms with E-state index in [2.05, 4.69) is 46.9 Å². The second kappa shape index (κ2) is 7.61. The molecule has 3 nitrogen and oxygen atoms in total. The highest BCUT2D eigenvalue weighted by Gasteiger charge is 2.48. The van der Waals surface area contributed by atoms with E-state index in [1.807, 2.05) is 6.92 Å². The lowest BCUT2D eigenvalue weighted by Crippen LogP contribution is -2.47. The first-order valence-corrected chi connectivity index (χ1v) is 8.91. The molecule has 128 valence electrons. The Labute approximate surface area is 136 Å². The van der Waals surface area contributed by atoms with Crippen LogP contribution in [0.2, 0.25) is 0 Å². The van der Waals surface area contributed by atoms with Gasteiger partial charge in [0.15, 0.2) is 5.78 Å². The second-order valence-corrected chi connectivity index (χ2v) is 8.60. The van der Waals surface area contributed by atoms with Gasteiger partial charge in [-0.1, -0.05) is 48.5 Å². The summed E-state index contributed by atoms with van der Waals surface area (Å²) in [4.78, 5) is 25.4. The van der Waals surface area contributed by atoms with Gasteiger partial charge in [-0.05, 0) is 43.4 Å². The SMILES string of the molecule is CC(C)C[C@H](NC(=O)[C@@H](CC(C)C)C(C)C)C(=O)C1(C)CC1. The molecular weight excluding hydrogens is 274 g/mol. The number of hydrogen-bond acceptors (Lipinski definition) is 2. The van der Waals surface area contributed by atoms with E-state index in [1.54, 1.807) is 0 Å². The smallest absolute Gasteiger partial charge is 0.223 e. The van der Waals surface area contributed by atoms with Crippen molar-refractivity contribution >= 4 is 11.7 Å². The Morgan fingerprint density at radius 3 is 1.82 bits per heavy atom. The number of nitrogens with one attached hydrogen (secondary N) is 1. The summed E-state index contributed by atoms with van der Waals surface area (Å²) in [6.07, 6.45) is 3.56.